The molecular weight excluding hydrogens is 392 g/mol. The molecular formula is C22H23ClN2O4. The van der Waals surface area contributed by atoms with E-state index in [-0.39, 0.29) is 23.8 Å². The highest BCUT2D eigenvalue weighted by Crippen LogP contribution is 2.35. The zero-order valence-electron chi connectivity index (χ0n) is 16.3. The second kappa shape index (κ2) is 9.56. The van der Waals surface area contributed by atoms with Gasteiger partial charge in [-0.2, -0.15) is 0 Å². The quantitative estimate of drug-likeness (QED) is 0.424. The fraction of sp³-hybridized carbons (Fsp3) is 0.318. The Hall–Kier alpha value is -2.86. The third kappa shape index (κ3) is 5.15. The van der Waals surface area contributed by atoms with Gasteiger partial charge in [0.2, 0.25) is 0 Å². The van der Waals surface area contributed by atoms with Crippen molar-refractivity contribution in [3.63, 3.8) is 0 Å². The van der Waals surface area contributed by atoms with Gasteiger partial charge in [-0.05, 0) is 49.1 Å². The van der Waals surface area contributed by atoms with Crippen LogP contribution in [-0.4, -0.2) is 36.6 Å². The number of ether oxygens (including phenoxy) is 2. The molecule has 0 saturated carbocycles. The third-order valence-corrected chi connectivity index (χ3v) is 5.07. The first kappa shape index (κ1) is 20.9. The van der Waals surface area contributed by atoms with Gasteiger partial charge < -0.3 is 14.8 Å². The van der Waals surface area contributed by atoms with E-state index >= 15 is 0 Å². The van der Waals surface area contributed by atoms with E-state index in [0.717, 1.165) is 5.56 Å². The number of hydrogen-bond donors (Lipinski definition) is 1. The molecule has 1 amide bonds. The Morgan fingerprint density at radius 1 is 1.28 bits per heavy atom. The maximum Gasteiger partial charge on any atom is 0.314 e. The lowest BCUT2D eigenvalue weighted by Gasteiger charge is -2.23. The monoisotopic (exact) mass is 414 g/mol. The first-order chi connectivity index (χ1) is 14.0. The Morgan fingerprint density at radius 2 is 2.10 bits per heavy atom. The molecule has 1 aromatic heterocycles. The molecule has 0 aliphatic heterocycles. The number of allylic oxidation sites excluding steroid dienone is 1. The number of hydrogen-bond acceptors (Lipinski definition) is 5. The number of methoxy groups -OCH3 is 1. The first-order valence-corrected chi connectivity index (χ1v) is 9.81. The van der Waals surface area contributed by atoms with Crippen molar-refractivity contribution in [2.24, 2.45) is 5.92 Å². The summed E-state index contributed by atoms with van der Waals surface area (Å²) in [5, 5.41) is 3.29. The summed E-state index contributed by atoms with van der Waals surface area (Å²) in [6.07, 6.45) is 5.91. The van der Waals surface area contributed by atoms with Gasteiger partial charge in [0.25, 0.3) is 5.91 Å². The molecule has 29 heavy (non-hydrogen) atoms. The van der Waals surface area contributed by atoms with Crippen LogP contribution in [0.5, 0.6) is 5.75 Å². The van der Waals surface area contributed by atoms with E-state index < -0.39 is 5.92 Å². The van der Waals surface area contributed by atoms with E-state index in [1.807, 2.05) is 36.4 Å². The van der Waals surface area contributed by atoms with Gasteiger partial charge in [-0.1, -0.05) is 35.9 Å². The number of carbonyl (C=O) groups excluding carboxylic acids is 2. The Morgan fingerprint density at radius 3 is 2.79 bits per heavy atom. The second-order valence-corrected chi connectivity index (χ2v) is 7.13. The largest absolute Gasteiger partial charge is 0.497 e. The van der Waals surface area contributed by atoms with Crippen molar-refractivity contribution in [3.05, 3.63) is 71.0 Å². The van der Waals surface area contributed by atoms with Crippen LogP contribution in [0.1, 0.15) is 35.2 Å². The van der Waals surface area contributed by atoms with Crippen LogP contribution in [0.4, 0.5) is 0 Å². The predicted molar refractivity (Wildman–Crippen MR) is 110 cm³/mol. The van der Waals surface area contributed by atoms with Crippen LogP contribution in [0.25, 0.3) is 0 Å². The SMILES string of the molecule is CCOC(=O)C(c1cccc(OC)c1)C1C=CC(NC(=O)c2ccc(Cl)nc2)C1. The van der Waals surface area contributed by atoms with Crippen LogP contribution in [-0.2, 0) is 9.53 Å². The lowest BCUT2D eigenvalue weighted by molar-refractivity contribution is -0.146. The van der Waals surface area contributed by atoms with Crippen molar-refractivity contribution in [2.45, 2.75) is 25.3 Å². The maximum absolute atomic E-state index is 12.7. The summed E-state index contributed by atoms with van der Waals surface area (Å²) in [5.74, 6) is -0.420. The van der Waals surface area contributed by atoms with Crippen molar-refractivity contribution >= 4 is 23.5 Å². The molecule has 0 bridgehead atoms. The minimum absolute atomic E-state index is 0.102. The molecule has 1 aromatic carbocycles. The van der Waals surface area contributed by atoms with Crippen LogP contribution in [0.2, 0.25) is 5.15 Å². The number of carbonyl (C=O) groups is 2. The molecule has 0 spiro atoms. The molecule has 1 N–H and O–H groups in total. The second-order valence-electron chi connectivity index (χ2n) is 6.74. The molecule has 7 heteroatoms. The average molecular weight is 415 g/mol. The summed E-state index contributed by atoms with van der Waals surface area (Å²) in [6.45, 7) is 2.09. The number of esters is 1. The van der Waals surface area contributed by atoms with Crippen LogP contribution in [0, 0.1) is 5.92 Å². The molecule has 1 aliphatic carbocycles. The highest BCUT2D eigenvalue weighted by molar-refractivity contribution is 6.29. The zero-order valence-corrected chi connectivity index (χ0v) is 17.1. The van der Waals surface area contributed by atoms with Gasteiger partial charge in [0.1, 0.15) is 10.9 Å². The van der Waals surface area contributed by atoms with Crippen LogP contribution in [0.3, 0.4) is 0 Å². The van der Waals surface area contributed by atoms with Crippen molar-refractivity contribution in [1.82, 2.24) is 10.3 Å². The number of benzene rings is 1. The Labute approximate surface area is 174 Å². The molecule has 1 aliphatic rings. The standard InChI is InChI=1S/C22H23ClN2O4/c1-3-29-22(27)20(14-5-4-6-18(12-14)28-2)15-7-9-17(11-15)25-21(26)16-8-10-19(23)24-13-16/h4-10,12-13,15,17,20H,3,11H2,1-2H3,(H,25,26). The van der Waals surface area contributed by atoms with Gasteiger partial charge in [0.15, 0.2) is 0 Å². The van der Waals surface area contributed by atoms with Crippen molar-refractivity contribution < 1.29 is 19.1 Å². The lowest BCUT2D eigenvalue weighted by Crippen LogP contribution is -2.34. The van der Waals surface area contributed by atoms with Crippen molar-refractivity contribution in [2.75, 3.05) is 13.7 Å². The summed E-state index contributed by atoms with van der Waals surface area (Å²) in [5.41, 5.74) is 1.26. The molecule has 2 aromatic rings. The van der Waals surface area contributed by atoms with E-state index in [9.17, 15) is 9.59 Å². The van der Waals surface area contributed by atoms with Crippen LogP contribution >= 0.6 is 11.6 Å². The van der Waals surface area contributed by atoms with Crippen LogP contribution < -0.4 is 10.1 Å². The summed E-state index contributed by atoms with van der Waals surface area (Å²) in [4.78, 5) is 29.1. The average Bonchev–Trinajstić information content (AvgIpc) is 3.16. The predicted octanol–water partition coefficient (Wildman–Crippen LogP) is 3.77. The van der Waals surface area contributed by atoms with E-state index in [0.29, 0.717) is 29.5 Å². The Bertz CT molecular complexity index is 898. The van der Waals surface area contributed by atoms with Crippen molar-refractivity contribution in [1.29, 1.82) is 0 Å². The molecule has 0 radical (unpaired) electrons. The van der Waals surface area contributed by atoms with Gasteiger partial charge in [-0.3, -0.25) is 9.59 Å². The smallest absolute Gasteiger partial charge is 0.314 e. The highest BCUT2D eigenvalue weighted by Gasteiger charge is 2.34. The number of nitrogens with zero attached hydrogens (tertiary/aromatic N) is 1. The molecule has 3 rings (SSSR count). The third-order valence-electron chi connectivity index (χ3n) is 4.84. The number of halogens is 1. The molecule has 6 nitrogen and oxygen atoms in total. The number of pyridine rings is 1. The number of aromatic nitrogens is 1. The summed E-state index contributed by atoms with van der Waals surface area (Å²) < 4.78 is 10.6. The Kier molecular flexibility index (Phi) is 6.88. The molecule has 0 fully saturated rings. The highest BCUT2D eigenvalue weighted by atomic mass is 35.5. The van der Waals surface area contributed by atoms with E-state index in [2.05, 4.69) is 10.3 Å². The zero-order chi connectivity index (χ0) is 20.8. The molecule has 3 unspecified atom stereocenters. The summed E-state index contributed by atoms with van der Waals surface area (Å²) in [7, 11) is 1.59. The van der Waals surface area contributed by atoms with Gasteiger partial charge in [0, 0.05) is 12.2 Å². The maximum atomic E-state index is 12.7. The van der Waals surface area contributed by atoms with E-state index in [1.165, 1.54) is 6.20 Å². The molecule has 3 atom stereocenters. The Balaban J connectivity index is 1.73. The first-order valence-electron chi connectivity index (χ1n) is 9.43. The minimum atomic E-state index is -0.472. The van der Waals surface area contributed by atoms with Gasteiger partial charge in [-0.15, -0.1) is 0 Å². The fourth-order valence-electron chi connectivity index (χ4n) is 3.47. The van der Waals surface area contributed by atoms with Crippen LogP contribution in [0.15, 0.2) is 54.7 Å². The van der Waals surface area contributed by atoms with Gasteiger partial charge in [-0.25, -0.2) is 4.98 Å². The van der Waals surface area contributed by atoms with Gasteiger partial charge in [0.05, 0.1) is 25.2 Å². The minimum Gasteiger partial charge on any atom is -0.497 e. The van der Waals surface area contributed by atoms with Crippen molar-refractivity contribution in [3.8, 4) is 5.75 Å². The van der Waals surface area contributed by atoms with Gasteiger partial charge >= 0.3 is 5.97 Å². The number of nitrogens with one attached hydrogen (secondary N) is 1. The molecule has 1 heterocycles. The molecule has 0 saturated heterocycles. The molecule has 152 valence electrons. The van der Waals surface area contributed by atoms with E-state index in [1.54, 1.807) is 26.2 Å². The fourth-order valence-corrected chi connectivity index (χ4v) is 3.58. The summed E-state index contributed by atoms with van der Waals surface area (Å²) >= 11 is 5.77. The van der Waals surface area contributed by atoms with E-state index in [4.69, 9.17) is 21.1 Å². The number of rotatable bonds is 7. The topological polar surface area (TPSA) is 77.5 Å². The summed E-state index contributed by atoms with van der Waals surface area (Å²) in [6, 6.07) is 10.4. The number of amides is 1. The lowest BCUT2D eigenvalue weighted by atomic mass is 9.85. The normalized spacial score (nSPS) is 18.9.